The highest BCUT2D eigenvalue weighted by molar-refractivity contribution is 6.82. The largest absolute Gasteiger partial charge is 0.507 e. The maximum absolute atomic E-state index is 4.98. The van der Waals surface area contributed by atoms with E-state index in [1.54, 1.807) is 7.11 Å². The normalized spacial score (nSPS) is 11.0. The van der Waals surface area contributed by atoms with Crippen molar-refractivity contribution < 1.29 is 4.74 Å². The Morgan fingerprint density at radius 2 is 1.75 bits per heavy atom. The summed E-state index contributed by atoms with van der Waals surface area (Å²) in [6, 6.07) is 0. The molecule has 0 unspecified atom stereocenters. The standard InChI is InChI=1S/C6H14OSi/c1-6(7-2)8(3,4)5/h1H2,2-5H3. The number of ether oxygens (including phenoxy) is 1. The predicted octanol–water partition coefficient (Wildman–Crippen LogP) is 2.02. The molecule has 0 radical (unpaired) electrons. The lowest BCUT2D eigenvalue weighted by atomic mass is 11.1. The van der Waals surface area contributed by atoms with Gasteiger partial charge in [0.05, 0.1) is 12.5 Å². The van der Waals surface area contributed by atoms with Crippen LogP contribution in [0.15, 0.2) is 12.0 Å². The second-order valence-electron chi connectivity index (χ2n) is 2.88. The summed E-state index contributed by atoms with van der Waals surface area (Å²) >= 11 is 0. The van der Waals surface area contributed by atoms with E-state index >= 15 is 0 Å². The van der Waals surface area contributed by atoms with E-state index in [4.69, 9.17) is 4.74 Å². The second kappa shape index (κ2) is 2.35. The third-order valence-corrected chi connectivity index (χ3v) is 2.96. The molecular weight excluding hydrogens is 116 g/mol. The summed E-state index contributed by atoms with van der Waals surface area (Å²) in [6.07, 6.45) is 0. The van der Waals surface area contributed by atoms with Gasteiger partial charge >= 0.3 is 0 Å². The molecule has 0 aliphatic rings. The van der Waals surface area contributed by atoms with Crippen molar-refractivity contribution in [2.75, 3.05) is 7.11 Å². The molecule has 0 heterocycles. The average Bonchev–Trinajstić information content (AvgIpc) is 1.62. The van der Waals surface area contributed by atoms with Crippen molar-refractivity contribution in [3.63, 3.8) is 0 Å². The van der Waals surface area contributed by atoms with Gasteiger partial charge in [0.1, 0.15) is 8.07 Å². The topological polar surface area (TPSA) is 9.23 Å². The van der Waals surface area contributed by atoms with Crippen LogP contribution in [0.25, 0.3) is 0 Å². The highest BCUT2D eigenvalue weighted by atomic mass is 28.3. The fourth-order valence-electron chi connectivity index (χ4n) is 0.306. The Balaban J connectivity index is 3.82. The first-order chi connectivity index (χ1) is 3.48. The molecule has 8 heavy (non-hydrogen) atoms. The van der Waals surface area contributed by atoms with Crippen molar-refractivity contribution >= 4 is 8.07 Å². The smallest absolute Gasteiger partial charge is 0.121 e. The van der Waals surface area contributed by atoms with Crippen LogP contribution in [0.3, 0.4) is 0 Å². The summed E-state index contributed by atoms with van der Waals surface area (Å²) in [5, 5.41) is 0.970. The number of rotatable bonds is 2. The Morgan fingerprint density at radius 3 is 1.75 bits per heavy atom. The summed E-state index contributed by atoms with van der Waals surface area (Å²) in [5.74, 6) is 0. The molecule has 1 nitrogen and oxygen atoms in total. The highest BCUT2D eigenvalue weighted by Gasteiger charge is 2.17. The van der Waals surface area contributed by atoms with Crippen molar-refractivity contribution in [3.05, 3.63) is 12.0 Å². The van der Waals surface area contributed by atoms with Crippen molar-refractivity contribution in [2.24, 2.45) is 0 Å². The van der Waals surface area contributed by atoms with Crippen LogP contribution in [0.2, 0.25) is 19.6 Å². The maximum atomic E-state index is 4.98. The van der Waals surface area contributed by atoms with Crippen LogP contribution in [-0.2, 0) is 4.74 Å². The van der Waals surface area contributed by atoms with Crippen LogP contribution >= 0.6 is 0 Å². The minimum atomic E-state index is -1.18. The Kier molecular flexibility index (Phi) is 2.28. The Hall–Kier alpha value is -0.243. The fourth-order valence-corrected chi connectivity index (χ4v) is 0.919. The number of hydrogen-bond acceptors (Lipinski definition) is 1. The SMILES string of the molecule is C=C(OC)[Si](C)(C)C. The van der Waals surface area contributed by atoms with Gasteiger partial charge < -0.3 is 4.74 Å². The zero-order valence-corrected chi connectivity index (χ0v) is 7.12. The van der Waals surface area contributed by atoms with Crippen LogP contribution in [0, 0.1) is 0 Å². The summed E-state index contributed by atoms with van der Waals surface area (Å²) < 4.78 is 4.98. The van der Waals surface area contributed by atoms with Crippen LogP contribution in [0.1, 0.15) is 0 Å². The maximum Gasteiger partial charge on any atom is 0.121 e. The van der Waals surface area contributed by atoms with E-state index in [9.17, 15) is 0 Å². The molecule has 0 saturated heterocycles. The van der Waals surface area contributed by atoms with Gasteiger partial charge in [-0.3, -0.25) is 0 Å². The van der Waals surface area contributed by atoms with E-state index < -0.39 is 8.07 Å². The first kappa shape index (κ1) is 7.76. The molecule has 2 heteroatoms. The third kappa shape index (κ3) is 2.16. The minimum absolute atomic E-state index is 0.970. The zero-order chi connectivity index (χ0) is 6.78. The van der Waals surface area contributed by atoms with Crippen molar-refractivity contribution in [3.8, 4) is 0 Å². The first-order valence-electron chi connectivity index (χ1n) is 2.72. The van der Waals surface area contributed by atoms with E-state index in [1.165, 1.54) is 0 Å². The van der Waals surface area contributed by atoms with Crippen LogP contribution in [-0.4, -0.2) is 15.2 Å². The molecule has 0 saturated carbocycles. The lowest BCUT2D eigenvalue weighted by molar-refractivity contribution is 0.318. The lowest BCUT2D eigenvalue weighted by Gasteiger charge is -2.16. The van der Waals surface area contributed by atoms with Crippen LogP contribution in [0.4, 0.5) is 0 Å². The quantitative estimate of drug-likeness (QED) is 0.410. The van der Waals surface area contributed by atoms with Gasteiger partial charge in [0, 0.05) is 0 Å². The van der Waals surface area contributed by atoms with Gasteiger partial charge in [-0.1, -0.05) is 26.2 Å². The third-order valence-electron chi connectivity index (χ3n) is 1.08. The molecule has 0 aromatic rings. The van der Waals surface area contributed by atoms with Crippen LogP contribution in [0.5, 0.6) is 0 Å². The van der Waals surface area contributed by atoms with Gasteiger partial charge in [-0.25, -0.2) is 0 Å². The highest BCUT2D eigenvalue weighted by Crippen LogP contribution is 2.11. The summed E-state index contributed by atoms with van der Waals surface area (Å²) in [6.45, 7) is 10.4. The minimum Gasteiger partial charge on any atom is -0.507 e. The van der Waals surface area contributed by atoms with E-state index in [2.05, 4.69) is 26.2 Å². The molecule has 0 amide bonds. The Morgan fingerprint density at radius 1 is 1.38 bits per heavy atom. The summed E-state index contributed by atoms with van der Waals surface area (Å²) in [5.41, 5.74) is 0. The van der Waals surface area contributed by atoms with Gasteiger partial charge in [-0.15, -0.1) is 0 Å². The zero-order valence-electron chi connectivity index (χ0n) is 6.12. The predicted molar refractivity (Wildman–Crippen MR) is 39.5 cm³/mol. The molecule has 0 aromatic carbocycles. The van der Waals surface area contributed by atoms with Gasteiger partial charge in [-0.2, -0.15) is 0 Å². The van der Waals surface area contributed by atoms with Crippen molar-refractivity contribution in [1.82, 2.24) is 0 Å². The summed E-state index contributed by atoms with van der Waals surface area (Å²) in [4.78, 5) is 0. The molecule has 0 rings (SSSR count). The second-order valence-corrected chi connectivity index (χ2v) is 7.93. The average molecular weight is 130 g/mol. The van der Waals surface area contributed by atoms with E-state index in [0.717, 1.165) is 5.38 Å². The van der Waals surface area contributed by atoms with Gasteiger partial charge in [0.15, 0.2) is 0 Å². The molecule has 0 aliphatic carbocycles. The molecule has 0 N–H and O–H groups in total. The number of hydrogen-bond donors (Lipinski definition) is 0. The Bertz CT molecular complexity index is 91.2. The molecule has 0 aromatic heterocycles. The fraction of sp³-hybridized carbons (Fsp3) is 0.667. The molecule has 0 aliphatic heterocycles. The van der Waals surface area contributed by atoms with Crippen molar-refractivity contribution in [1.29, 1.82) is 0 Å². The van der Waals surface area contributed by atoms with Crippen molar-refractivity contribution in [2.45, 2.75) is 19.6 Å². The van der Waals surface area contributed by atoms with E-state index in [-0.39, 0.29) is 0 Å². The molecule has 48 valence electrons. The van der Waals surface area contributed by atoms with Gasteiger partial charge in [-0.05, 0) is 0 Å². The Labute approximate surface area is 52.4 Å². The molecular formula is C6H14OSi. The molecule has 0 atom stereocenters. The van der Waals surface area contributed by atoms with Gasteiger partial charge in [0.25, 0.3) is 0 Å². The van der Waals surface area contributed by atoms with E-state index in [1.807, 2.05) is 0 Å². The van der Waals surface area contributed by atoms with Gasteiger partial charge in [0.2, 0.25) is 0 Å². The molecule has 0 spiro atoms. The van der Waals surface area contributed by atoms with E-state index in [0.29, 0.717) is 0 Å². The first-order valence-corrected chi connectivity index (χ1v) is 6.22. The number of methoxy groups -OCH3 is 1. The molecule has 0 fully saturated rings. The summed E-state index contributed by atoms with van der Waals surface area (Å²) in [7, 11) is 0.504. The molecule has 0 bridgehead atoms. The lowest BCUT2D eigenvalue weighted by Crippen LogP contribution is -2.23. The monoisotopic (exact) mass is 130 g/mol. The van der Waals surface area contributed by atoms with Crippen LogP contribution < -0.4 is 0 Å².